The third kappa shape index (κ3) is 2.86. The number of hydrogen-bond donors (Lipinski definition) is 1. The Morgan fingerprint density at radius 2 is 1.92 bits per heavy atom. The Labute approximate surface area is 146 Å². The fourth-order valence-electron chi connectivity index (χ4n) is 3.08. The van der Waals surface area contributed by atoms with Crippen LogP contribution >= 0.6 is 0 Å². The number of aliphatic hydroxyl groups excluding tert-OH is 1. The van der Waals surface area contributed by atoms with Crippen molar-refractivity contribution < 1.29 is 19.1 Å². The van der Waals surface area contributed by atoms with E-state index in [4.69, 9.17) is 4.42 Å². The molecular formula is C20H21NO4. The highest BCUT2D eigenvalue weighted by atomic mass is 16.3. The van der Waals surface area contributed by atoms with Crippen molar-refractivity contribution >= 4 is 17.4 Å². The first kappa shape index (κ1) is 17.0. The largest absolute Gasteiger partial charge is 0.503 e. The van der Waals surface area contributed by atoms with Gasteiger partial charge in [0, 0.05) is 12.1 Å². The normalized spacial score (nSPS) is 17.7. The number of amides is 1. The lowest BCUT2D eigenvalue weighted by atomic mass is 9.99. The van der Waals surface area contributed by atoms with Gasteiger partial charge in [-0.15, -0.1) is 0 Å². The summed E-state index contributed by atoms with van der Waals surface area (Å²) < 4.78 is 5.46. The molecule has 25 heavy (non-hydrogen) atoms. The highest BCUT2D eigenvalue weighted by Gasteiger charge is 2.45. The lowest BCUT2D eigenvalue weighted by Gasteiger charge is -2.25. The molecule has 2 aromatic rings. The van der Waals surface area contributed by atoms with Gasteiger partial charge in [-0.25, -0.2) is 0 Å². The van der Waals surface area contributed by atoms with E-state index < -0.39 is 17.7 Å². The van der Waals surface area contributed by atoms with Crippen LogP contribution in [0.4, 0.5) is 5.69 Å². The molecule has 3 rings (SSSR count). The number of Topliss-reactive ketones (excluding diaryl/α,β-unsaturated/α-hetero) is 1. The third-order valence-electron chi connectivity index (χ3n) is 4.48. The highest BCUT2D eigenvalue weighted by molar-refractivity contribution is 6.16. The lowest BCUT2D eigenvalue weighted by Crippen LogP contribution is -2.30. The van der Waals surface area contributed by atoms with Crippen LogP contribution in [-0.2, 0) is 9.59 Å². The molecule has 0 saturated heterocycles. The van der Waals surface area contributed by atoms with Crippen LogP contribution in [0.5, 0.6) is 0 Å². The van der Waals surface area contributed by atoms with Crippen molar-refractivity contribution in [2.45, 2.75) is 39.2 Å². The zero-order valence-corrected chi connectivity index (χ0v) is 14.5. The fraction of sp³-hybridized carbons (Fsp3) is 0.300. The predicted octanol–water partition coefficient (Wildman–Crippen LogP) is 4.28. The Bertz CT molecular complexity index is 816. The van der Waals surface area contributed by atoms with E-state index in [9.17, 15) is 14.7 Å². The standard InChI is InChI=1S/C20H21NO4/c1-4-15(22)17-18(16-6-5-11-25-16)21(20(24)19(17)23)14-9-7-13(8-10-14)12(2)3/h5-12,18,23H,4H2,1-3H3. The van der Waals surface area contributed by atoms with Gasteiger partial charge in [0.1, 0.15) is 11.8 Å². The molecule has 1 atom stereocenters. The van der Waals surface area contributed by atoms with E-state index in [0.717, 1.165) is 5.56 Å². The summed E-state index contributed by atoms with van der Waals surface area (Å²) in [6.45, 7) is 5.88. The average molecular weight is 339 g/mol. The Hall–Kier alpha value is -2.82. The molecular weight excluding hydrogens is 318 g/mol. The van der Waals surface area contributed by atoms with Crippen molar-refractivity contribution in [3.8, 4) is 0 Å². The van der Waals surface area contributed by atoms with Gasteiger partial charge in [-0.3, -0.25) is 14.5 Å². The second-order valence-corrected chi connectivity index (χ2v) is 6.38. The topological polar surface area (TPSA) is 70.8 Å². The first-order valence-corrected chi connectivity index (χ1v) is 8.39. The summed E-state index contributed by atoms with van der Waals surface area (Å²) in [6, 6.07) is 10.2. The number of aliphatic hydroxyl groups is 1. The molecule has 5 nitrogen and oxygen atoms in total. The molecule has 1 aliphatic heterocycles. The molecule has 1 aliphatic rings. The van der Waals surface area contributed by atoms with Crippen LogP contribution in [0.25, 0.3) is 0 Å². The molecule has 0 fully saturated rings. The second kappa shape index (κ2) is 6.59. The molecule has 1 N–H and O–H groups in total. The van der Waals surface area contributed by atoms with Gasteiger partial charge in [0.15, 0.2) is 11.5 Å². The molecule has 1 unspecified atom stereocenters. The quantitative estimate of drug-likeness (QED) is 0.882. The summed E-state index contributed by atoms with van der Waals surface area (Å²) in [5.74, 6) is -0.541. The van der Waals surface area contributed by atoms with Gasteiger partial charge in [-0.2, -0.15) is 0 Å². The Kier molecular flexibility index (Phi) is 4.49. The minimum atomic E-state index is -0.750. The van der Waals surface area contributed by atoms with Crippen molar-refractivity contribution in [2.24, 2.45) is 0 Å². The maximum atomic E-state index is 12.7. The summed E-state index contributed by atoms with van der Waals surface area (Å²) >= 11 is 0. The summed E-state index contributed by atoms with van der Waals surface area (Å²) in [7, 11) is 0. The van der Waals surface area contributed by atoms with E-state index in [1.165, 1.54) is 11.2 Å². The van der Waals surface area contributed by atoms with E-state index in [1.54, 1.807) is 19.1 Å². The van der Waals surface area contributed by atoms with E-state index in [1.807, 2.05) is 24.3 Å². The van der Waals surface area contributed by atoms with Gasteiger partial charge in [0.05, 0.1) is 11.8 Å². The van der Waals surface area contributed by atoms with Crippen molar-refractivity contribution in [1.82, 2.24) is 0 Å². The van der Waals surface area contributed by atoms with Crippen LogP contribution in [0, 0.1) is 0 Å². The van der Waals surface area contributed by atoms with E-state index in [0.29, 0.717) is 17.4 Å². The molecule has 0 spiro atoms. The molecule has 0 bridgehead atoms. The van der Waals surface area contributed by atoms with Crippen molar-refractivity contribution in [3.05, 3.63) is 65.3 Å². The number of carbonyl (C=O) groups excluding carboxylic acids is 2. The van der Waals surface area contributed by atoms with E-state index >= 15 is 0 Å². The van der Waals surface area contributed by atoms with Gasteiger partial charge in [-0.1, -0.05) is 32.9 Å². The Morgan fingerprint density at radius 3 is 2.44 bits per heavy atom. The average Bonchev–Trinajstić information content (AvgIpc) is 3.22. The monoisotopic (exact) mass is 339 g/mol. The molecule has 0 radical (unpaired) electrons. The minimum Gasteiger partial charge on any atom is -0.503 e. The zero-order valence-electron chi connectivity index (χ0n) is 14.5. The Morgan fingerprint density at radius 1 is 1.24 bits per heavy atom. The number of furan rings is 1. The number of ketones is 1. The van der Waals surface area contributed by atoms with E-state index in [2.05, 4.69) is 13.8 Å². The van der Waals surface area contributed by atoms with Crippen molar-refractivity contribution in [3.63, 3.8) is 0 Å². The van der Waals surface area contributed by atoms with Crippen molar-refractivity contribution in [1.29, 1.82) is 0 Å². The number of carbonyl (C=O) groups is 2. The van der Waals surface area contributed by atoms with Crippen LogP contribution in [0.1, 0.15) is 50.5 Å². The first-order chi connectivity index (χ1) is 12.0. The number of benzene rings is 1. The summed E-state index contributed by atoms with van der Waals surface area (Å²) in [4.78, 5) is 26.5. The predicted molar refractivity (Wildman–Crippen MR) is 94.4 cm³/mol. The number of hydrogen-bond acceptors (Lipinski definition) is 4. The molecule has 0 saturated carbocycles. The van der Waals surface area contributed by atoms with Gasteiger partial charge in [-0.05, 0) is 35.7 Å². The van der Waals surface area contributed by atoms with E-state index in [-0.39, 0.29) is 17.8 Å². The highest BCUT2D eigenvalue weighted by Crippen LogP contribution is 2.41. The van der Waals surface area contributed by atoms with Gasteiger partial charge in [0.2, 0.25) is 0 Å². The maximum Gasteiger partial charge on any atom is 0.294 e. The van der Waals surface area contributed by atoms with Crippen LogP contribution < -0.4 is 4.90 Å². The molecule has 1 aromatic heterocycles. The summed E-state index contributed by atoms with van der Waals surface area (Å²) in [5.41, 5.74) is 1.85. The summed E-state index contributed by atoms with van der Waals surface area (Å²) in [6.07, 6.45) is 1.69. The molecule has 0 aliphatic carbocycles. The van der Waals surface area contributed by atoms with Crippen LogP contribution in [0.15, 0.2) is 58.4 Å². The van der Waals surface area contributed by atoms with Gasteiger partial charge < -0.3 is 9.52 Å². The summed E-state index contributed by atoms with van der Waals surface area (Å²) in [5, 5.41) is 10.3. The maximum absolute atomic E-state index is 12.7. The minimum absolute atomic E-state index is 0.0930. The molecule has 2 heterocycles. The molecule has 1 amide bonds. The molecule has 130 valence electrons. The van der Waals surface area contributed by atoms with Crippen LogP contribution in [0.2, 0.25) is 0 Å². The van der Waals surface area contributed by atoms with Crippen LogP contribution in [0.3, 0.4) is 0 Å². The van der Waals surface area contributed by atoms with Crippen molar-refractivity contribution in [2.75, 3.05) is 4.90 Å². The van der Waals surface area contributed by atoms with Gasteiger partial charge >= 0.3 is 0 Å². The zero-order chi connectivity index (χ0) is 18.1. The number of nitrogens with zero attached hydrogens (tertiary/aromatic N) is 1. The smallest absolute Gasteiger partial charge is 0.294 e. The Balaban J connectivity index is 2.09. The number of anilines is 1. The number of rotatable bonds is 5. The SMILES string of the molecule is CCC(=O)C1=C(O)C(=O)N(c2ccc(C(C)C)cc2)C1c1ccco1. The molecule has 5 heteroatoms. The second-order valence-electron chi connectivity index (χ2n) is 6.38. The van der Waals surface area contributed by atoms with Crippen LogP contribution in [-0.4, -0.2) is 16.8 Å². The third-order valence-corrected chi connectivity index (χ3v) is 4.48. The first-order valence-electron chi connectivity index (χ1n) is 8.39. The fourth-order valence-corrected chi connectivity index (χ4v) is 3.08. The molecule has 1 aromatic carbocycles. The lowest BCUT2D eigenvalue weighted by molar-refractivity contribution is -0.118. The van der Waals surface area contributed by atoms with Gasteiger partial charge in [0.25, 0.3) is 5.91 Å².